The second-order valence-corrected chi connectivity index (χ2v) is 3.38. The number of aromatic amines is 1. The normalized spacial score (nSPS) is 9.94. The molecule has 0 saturated heterocycles. The number of carbonyl (C=O) groups is 1. The molecular weight excluding hydrogens is 220 g/mol. The van der Waals surface area contributed by atoms with Gasteiger partial charge in [0.2, 0.25) is 0 Å². The van der Waals surface area contributed by atoms with Gasteiger partial charge in [-0.1, -0.05) is 18.2 Å². The van der Waals surface area contributed by atoms with Crippen molar-refractivity contribution in [2.45, 2.75) is 0 Å². The summed E-state index contributed by atoms with van der Waals surface area (Å²) in [6.07, 6.45) is 0. The fraction of sp³-hybridized carbons (Fsp3) is 0.0909. The molecule has 0 unspecified atom stereocenters. The Morgan fingerprint density at radius 1 is 1.29 bits per heavy atom. The van der Waals surface area contributed by atoms with E-state index in [2.05, 4.69) is 15.7 Å². The lowest BCUT2D eigenvalue weighted by Gasteiger charge is -2.02. The Labute approximate surface area is 97.2 Å². The van der Waals surface area contributed by atoms with Crippen LogP contribution in [-0.4, -0.2) is 22.9 Å². The number of aromatic nitrogens is 2. The Balaban J connectivity index is 2.32. The number of para-hydroxylation sites is 1. The summed E-state index contributed by atoms with van der Waals surface area (Å²) in [5.41, 5.74) is 0.477. The Morgan fingerprint density at radius 3 is 2.65 bits per heavy atom. The van der Waals surface area contributed by atoms with E-state index in [4.69, 9.17) is 0 Å². The van der Waals surface area contributed by atoms with Gasteiger partial charge in [-0.05, 0) is 12.1 Å². The summed E-state index contributed by atoms with van der Waals surface area (Å²) in [4.78, 5) is 22.8. The van der Waals surface area contributed by atoms with E-state index in [9.17, 15) is 9.59 Å². The molecule has 2 rings (SSSR count). The van der Waals surface area contributed by atoms with Crippen molar-refractivity contribution in [1.82, 2.24) is 15.1 Å². The van der Waals surface area contributed by atoms with Crippen molar-refractivity contribution in [3.8, 4) is 5.69 Å². The van der Waals surface area contributed by atoms with Gasteiger partial charge in [-0.3, -0.25) is 15.2 Å². The summed E-state index contributed by atoms with van der Waals surface area (Å²) in [6, 6.07) is 10.0. The number of anilines is 1. The number of hydrogen-bond acceptors (Lipinski definition) is 2. The molecular formula is C11H12N4O2. The van der Waals surface area contributed by atoms with Gasteiger partial charge in [0.25, 0.3) is 5.56 Å². The fourth-order valence-corrected chi connectivity index (χ4v) is 1.41. The predicted octanol–water partition coefficient (Wildman–Crippen LogP) is 0.917. The van der Waals surface area contributed by atoms with Crippen molar-refractivity contribution in [3.63, 3.8) is 0 Å². The predicted molar refractivity (Wildman–Crippen MR) is 64.5 cm³/mol. The second-order valence-electron chi connectivity index (χ2n) is 3.38. The van der Waals surface area contributed by atoms with Gasteiger partial charge >= 0.3 is 6.03 Å². The van der Waals surface area contributed by atoms with E-state index in [0.29, 0.717) is 11.5 Å². The highest BCUT2D eigenvalue weighted by Crippen LogP contribution is 2.05. The zero-order valence-electron chi connectivity index (χ0n) is 9.23. The first-order valence-corrected chi connectivity index (χ1v) is 5.07. The molecule has 0 radical (unpaired) electrons. The lowest BCUT2D eigenvalue weighted by molar-refractivity contribution is 0.254. The highest BCUT2D eigenvalue weighted by Gasteiger charge is 2.06. The highest BCUT2D eigenvalue weighted by atomic mass is 16.2. The van der Waals surface area contributed by atoms with E-state index in [-0.39, 0.29) is 11.6 Å². The summed E-state index contributed by atoms with van der Waals surface area (Å²) in [6.45, 7) is 0. The van der Waals surface area contributed by atoms with Gasteiger partial charge in [0.1, 0.15) is 5.82 Å². The first-order chi connectivity index (χ1) is 8.20. The van der Waals surface area contributed by atoms with Crippen LogP contribution in [0.2, 0.25) is 0 Å². The molecule has 17 heavy (non-hydrogen) atoms. The van der Waals surface area contributed by atoms with E-state index in [1.165, 1.54) is 17.8 Å². The number of amides is 2. The number of carbonyl (C=O) groups excluding carboxylic acids is 1. The molecule has 6 nitrogen and oxygen atoms in total. The number of hydrogen-bond donors (Lipinski definition) is 3. The Hall–Kier alpha value is -2.50. The Kier molecular flexibility index (Phi) is 2.95. The molecule has 88 valence electrons. The van der Waals surface area contributed by atoms with Crippen LogP contribution in [0.1, 0.15) is 0 Å². The van der Waals surface area contributed by atoms with Crippen LogP contribution in [0.5, 0.6) is 0 Å². The summed E-state index contributed by atoms with van der Waals surface area (Å²) in [7, 11) is 1.50. The minimum Gasteiger partial charge on any atom is -0.341 e. The van der Waals surface area contributed by atoms with Gasteiger partial charge in [0, 0.05) is 13.1 Å². The van der Waals surface area contributed by atoms with Gasteiger partial charge in [-0.2, -0.15) is 0 Å². The zero-order valence-corrected chi connectivity index (χ0v) is 9.23. The maximum atomic E-state index is 11.7. The molecule has 0 bridgehead atoms. The number of urea groups is 1. The Bertz CT molecular complexity index is 571. The monoisotopic (exact) mass is 232 g/mol. The minimum atomic E-state index is -0.383. The number of benzene rings is 1. The molecule has 0 aliphatic rings. The van der Waals surface area contributed by atoms with Crippen LogP contribution >= 0.6 is 0 Å². The van der Waals surface area contributed by atoms with E-state index < -0.39 is 0 Å². The number of nitrogens with zero attached hydrogens (tertiary/aromatic N) is 1. The number of nitrogens with one attached hydrogen (secondary N) is 3. The lowest BCUT2D eigenvalue weighted by atomic mass is 10.3. The van der Waals surface area contributed by atoms with Crippen molar-refractivity contribution in [1.29, 1.82) is 0 Å². The number of H-pyrrole nitrogens is 1. The summed E-state index contributed by atoms with van der Waals surface area (Å²) in [5, 5.41) is 7.69. The average Bonchev–Trinajstić information content (AvgIpc) is 2.71. The van der Waals surface area contributed by atoms with Gasteiger partial charge in [-0.15, -0.1) is 0 Å². The van der Waals surface area contributed by atoms with E-state index in [1.54, 1.807) is 12.1 Å². The highest BCUT2D eigenvalue weighted by molar-refractivity contribution is 5.87. The van der Waals surface area contributed by atoms with Crippen molar-refractivity contribution >= 4 is 11.8 Å². The molecule has 0 aliphatic heterocycles. The van der Waals surface area contributed by atoms with Crippen molar-refractivity contribution in [2.75, 3.05) is 12.4 Å². The molecule has 3 N–H and O–H groups in total. The van der Waals surface area contributed by atoms with Crippen molar-refractivity contribution in [2.24, 2.45) is 0 Å². The molecule has 2 aromatic rings. The Morgan fingerprint density at radius 2 is 2.00 bits per heavy atom. The fourth-order valence-electron chi connectivity index (χ4n) is 1.41. The third-order valence-corrected chi connectivity index (χ3v) is 2.21. The van der Waals surface area contributed by atoms with Gasteiger partial charge in [0.05, 0.1) is 5.69 Å². The van der Waals surface area contributed by atoms with Crippen molar-refractivity contribution in [3.05, 3.63) is 46.8 Å². The second kappa shape index (κ2) is 4.56. The standard InChI is InChI=1S/C11H12N4O2/c1-12-11(17)13-9-7-10(16)15(14-9)8-5-3-2-4-6-8/h2-7,14H,1H3,(H2,12,13,17). The number of rotatable bonds is 2. The van der Waals surface area contributed by atoms with Crippen LogP contribution in [-0.2, 0) is 0 Å². The van der Waals surface area contributed by atoms with Crippen LogP contribution in [0.3, 0.4) is 0 Å². The van der Waals surface area contributed by atoms with Crippen LogP contribution in [0.4, 0.5) is 10.6 Å². The molecule has 1 aromatic carbocycles. The smallest absolute Gasteiger partial charge is 0.320 e. The van der Waals surface area contributed by atoms with Gasteiger partial charge in [0.15, 0.2) is 0 Å². The molecule has 2 amide bonds. The summed E-state index contributed by atoms with van der Waals surface area (Å²) < 4.78 is 1.35. The zero-order chi connectivity index (χ0) is 12.3. The maximum absolute atomic E-state index is 11.7. The van der Waals surface area contributed by atoms with Crippen molar-refractivity contribution < 1.29 is 4.79 Å². The molecule has 0 fully saturated rings. The molecule has 1 aromatic heterocycles. The largest absolute Gasteiger partial charge is 0.341 e. The van der Waals surface area contributed by atoms with Crippen LogP contribution < -0.4 is 16.2 Å². The minimum absolute atomic E-state index is 0.234. The SMILES string of the molecule is CNC(=O)Nc1cc(=O)n(-c2ccccc2)[nH]1. The molecule has 0 saturated carbocycles. The topological polar surface area (TPSA) is 78.9 Å². The summed E-state index contributed by atoms with van der Waals surface area (Å²) >= 11 is 0. The first-order valence-electron chi connectivity index (χ1n) is 5.07. The van der Waals surface area contributed by atoms with Crippen LogP contribution in [0.15, 0.2) is 41.2 Å². The van der Waals surface area contributed by atoms with Gasteiger partial charge in [-0.25, -0.2) is 9.48 Å². The lowest BCUT2D eigenvalue weighted by Crippen LogP contribution is -2.24. The average molecular weight is 232 g/mol. The van der Waals surface area contributed by atoms with E-state index in [1.807, 2.05) is 18.2 Å². The molecule has 1 heterocycles. The summed E-state index contributed by atoms with van der Waals surface area (Å²) in [5.74, 6) is 0.346. The van der Waals surface area contributed by atoms with Gasteiger partial charge < -0.3 is 5.32 Å². The molecule has 0 spiro atoms. The maximum Gasteiger partial charge on any atom is 0.320 e. The third-order valence-electron chi connectivity index (χ3n) is 2.21. The van der Waals surface area contributed by atoms with Crippen LogP contribution in [0, 0.1) is 0 Å². The molecule has 0 aliphatic carbocycles. The quantitative estimate of drug-likeness (QED) is 0.719. The van der Waals surface area contributed by atoms with E-state index >= 15 is 0 Å². The molecule has 6 heteroatoms. The molecule has 0 atom stereocenters. The third kappa shape index (κ3) is 2.36. The van der Waals surface area contributed by atoms with E-state index in [0.717, 1.165) is 0 Å². The first kappa shape index (κ1) is 11.0. The van der Waals surface area contributed by atoms with Crippen LogP contribution in [0.25, 0.3) is 5.69 Å².